The van der Waals surface area contributed by atoms with Gasteiger partial charge in [0.1, 0.15) is 0 Å². The Kier molecular flexibility index (Phi) is 2.19. The van der Waals surface area contributed by atoms with Crippen LogP contribution >= 0.6 is 11.6 Å². The van der Waals surface area contributed by atoms with E-state index in [-0.39, 0.29) is 11.4 Å². The molecule has 0 aromatic heterocycles. The van der Waals surface area contributed by atoms with E-state index in [1.165, 1.54) is 0 Å². The van der Waals surface area contributed by atoms with Crippen LogP contribution in [0.15, 0.2) is 18.2 Å². The fraction of sp³-hybridized carbons (Fsp3) is 0.417. The van der Waals surface area contributed by atoms with Crippen LogP contribution in [0, 0.1) is 0 Å². The molecule has 84 valence electrons. The Bertz CT molecular complexity index is 452. The molecular formula is C12H13ClN2O. The quantitative estimate of drug-likeness (QED) is 0.720. The average molecular weight is 237 g/mol. The molecule has 3 rings (SSSR count). The maximum atomic E-state index is 11.9. The number of benzene rings is 1. The van der Waals surface area contributed by atoms with Gasteiger partial charge in [0.05, 0.1) is 5.54 Å². The van der Waals surface area contributed by atoms with Gasteiger partial charge in [-0.3, -0.25) is 4.79 Å². The normalized spacial score (nSPS) is 21.9. The number of rotatable bonds is 0. The van der Waals surface area contributed by atoms with Gasteiger partial charge in [-0.05, 0) is 38.1 Å². The lowest BCUT2D eigenvalue weighted by atomic mass is 9.82. The Morgan fingerprint density at radius 3 is 2.75 bits per heavy atom. The van der Waals surface area contributed by atoms with Gasteiger partial charge in [0.2, 0.25) is 0 Å². The van der Waals surface area contributed by atoms with Crippen molar-refractivity contribution in [2.45, 2.75) is 18.4 Å². The molecule has 2 heterocycles. The van der Waals surface area contributed by atoms with Crippen LogP contribution in [-0.2, 0) is 5.54 Å². The van der Waals surface area contributed by atoms with E-state index >= 15 is 0 Å². The zero-order chi connectivity index (χ0) is 11.2. The van der Waals surface area contributed by atoms with E-state index in [1.54, 1.807) is 0 Å². The van der Waals surface area contributed by atoms with Crippen LogP contribution in [0.2, 0.25) is 5.02 Å². The fourth-order valence-corrected chi connectivity index (χ4v) is 3.13. The monoisotopic (exact) mass is 236 g/mol. The van der Waals surface area contributed by atoms with Crippen LogP contribution < -0.4 is 10.6 Å². The lowest BCUT2D eigenvalue weighted by Crippen LogP contribution is -2.47. The van der Waals surface area contributed by atoms with Crippen molar-refractivity contribution in [1.29, 1.82) is 0 Å². The molecule has 2 N–H and O–H groups in total. The van der Waals surface area contributed by atoms with Crippen molar-refractivity contribution < 1.29 is 4.79 Å². The Morgan fingerprint density at radius 1 is 1.25 bits per heavy atom. The Balaban J connectivity index is 2.16. The number of nitrogens with one attached hydrogen (secondary N) is 2. The summed E-state index contributed by atoms with van der Waals surface area (Å²) < 4.78 is 0. The standard InChI is InChI=1S/C12H13ClN2O/c13-9-3-1-2-8-10(9)12(15-11(8)16)4-6-14-7-5-12/h1-3,14H,4-7H2,(H,15,16). The third kappa shape index (κ3) is 1.28. The third-order valence-corrected chi connectivity index (χ3v) is 3.86. The van der Waals surface area contributed by atoms with E-state index in [0.29, 0.717) is 5.02 Å². The Hall–Kier alpha value is -1.06. The van der Waals surface area contributed by atoms with Gasteiger partial charge in [0.25, 0.3) is 5.91 Å². The van der Waals surface area contributed by atoms with Crippen molar-refractivity contribution in [3.05, 3.63) is 34.3 Å². The predicted octanol–water partition coefficient (Wildman–Crippen LogP) is 1.66. The van der Waals surface area contributed by atoms with Crippen LogP contribution in [0.5, 0.6) is 0 Å². The second-order valence-corrected chi connectivity index (χ2v) is 4.86. The summed E-state index contributed by atoms with van der Waals surface area (Å²) >= 11 is 6.25. The zero-order valence-corrected chi connectivity index (χ0v) is 9.60. The summed E-state index contributed by atoms with van der Waals surface area (Å²) in [5.41, 5.74) is 1.52. The van der Waals surface area contributed by atoms with Crippen LogP contribution in [0.3, 0.4) is 0 Å². The van der Waals surface area contributed by atoms with E-state index in [0.717, 1.165) is 37.1 Å². The number of fused-ring (bicyclic) bond motifs is 2. The maximum absolute atomic E-state index is 11.9. The molecule has 1 aromatic carbocycles. The van der Waals surface area contributed by atoms with Gasteiger partial charge in [-0.15, -0.1) is 0 Å². The zero-order valence-electron chi connectivity index (χ0n) is 8.85. The fourth-order valence-electron chi connectivity index (χ4n) is 2.78. The lowest BCUT2D eigenvalue weighted by Gasteiger charge is -2.35. The highest BCUT2D eigenvalue weighted by Crippen LogP contribution is 2.41. The molecule has 4 heteroatoms. The summed E-state index contributed by atoms with van der Waals surface area (Å²) in [5.74, 6) is 0.0133. The molecular weight excluding hydrogens is 224 g/mol. The van der Waals surface area contributed by atoms with Crippen molar-refractivity contribution in [2.75, 3.05) is 13.1 Å². The summed E-state index contributed by atoms with van der Waals surface area (Å²) in [6.45, 7) is 1.84. The van der Waals surface area contributed by atoms with Gasteiger partial charge in [0, 0.05) is 16.1 Å². The van der Waals surface area contributed by atoms with Crippen molar-refractivity contribution in [1.82, 2.24) is 10.6 Å². The molecule has 0 unspecified atom stereocenters. The molecule has 3 nitrogen and oxygen atoms in total. The van der Waals surface area contributed by atoms with Crippen LogP contribution in [0.25, 0.3) is 0 Å². The highest BCUT2D eigenvalue weighted by molar-refractivity contribution is 6.32. The molecule has 2 aliphatic rings. The van der Waals surface area contributed by atoms with E-state index in [4.69, 9.17) is 11.6 Å². The highest BCUT2D eigenvalue weighted by Gasteiger charge is 2.44. The number of carbonyl (C=O) groups is 1. The van der Waals surface area contributed by atoms with Gasteiger partial charge >= 0.3 is 0 Å². The van der Waals surface area contributed by atoms with E-state index in [9.17, 15) is 4.79 Å². The molecule has 1 aromatic rings. The van der Waals surface area contributed by atoms with E-state index < -0.39 is 0 Å². The summed E-state index contributed by atoms with van der Waals surface area (Å²) in [4.78, 5) is 11.9. The number of hydrogen-bond donors (Lipinski definition) is 2. The predicted molar refractivity (Wildman–Crippen MR) is 62.7 cm³/mol. The number of hydrogen-bond acceptors (Lipinski definition) is 2. The van der Waals surface area contributed by atoms with Crippen LogP contribution in [0.1, 0.15) is 28.8 Å². The number of carbonyl (C=O) groups excluding carboxylic acids is 1. The average Bonchev–Trinajstić information content (AvgIpc) is 2.55. The molecule has 0 atom stereocenters. The highest BCUT2D eigenvalue weighted by atomic mass is 35.5. The third-order valence-electron chi connectivity index (χ3n) is 3.55. The second-order valence-electron chi connectivity index (χ2n) is 4.45. The minimum absolute atomic E-state index is 0.0133. The Morgan fingerprint density at radius 2 is 2.00 bits per heavy atom. The number of piperidine rings is 1. The smallest absolute Gasteiger partial charge is 0.252 e. The first-order valence-corrected chi connectivity index (χ1v) is 5.93. The van der Waals surface area contributed by atoms with Crippen molar-refractivity contribution in [3.8, 4) is 0 Å². The summed E-state index contributed by atoms with van der Waals surface area (Å²) in [5, 5.41) is 7.13. The van der Waals surface area contributed by atoms with Gasteiger partial charge in [0.15, 0.2) is 0 Å². The van der Waals surface area contributed by atoms with Gasteiger partial charge in [-0.2, -0.15) is 0 Å². The minimum Gasteiger partial charge on any atom is -0.342 e. The first kappa shape index (κ1) is 10.1. The molecule has 1 fully saturated rings. The molecule has 16 heavy (non-hydrogen) atoms. The van der Waals surface area contributed by atoms with Gasteiger partial charge < -0.3 is 10.6 Å². The minimum atomic E-state index is -0.226. The summed E-state index contributed by atoms with van der Waals surface area (Å²) in [6.07, 6.45) is 1.82. The van der Waals surface area contributed by atoms with Gasteiger partial charge in [-0.1, -0.05) is 17.7 Å². The second kappa shape index (κ2) is 3.47. The lowest BCUT2D eigenvalue weighted by molar-refractivity contribution is 0.0914. The van der Waals surface area contributed by atoms with Crippen LogP contribution in [0.4, 0.5) is 0 Å². The van der Waals surface area contributed by atoms with Crippen molar-refractivity contribution in [2.24, 2.45) is 0 Å². The largest absolute Gasteiger partial charge is 0.342 e. The number of halogens is 1. The summed E-state index contributed by atoms with van der Waals surface area (Å²) in [6, 6.07) is 5.55. The van der Waals surface area contributed by atoms with Crippen molar-refractivity contribution >= 4 is 17.5 Å². The first-order chi connectivity index (χ1) is 7.73. The first-order valence-electron chi connectivity index (χ1n) is 5.55. The molecule has 0 aliphatic carbocycles. The number of amides is 1. The molecule has 2 aliphatic heterocycles. The SMILES string of the molecule is O=C1NC2(CCNCC2)c2c(Cl)cccc21. The van der Waals surface area contributed by atoms with E-state index in [1.807, 2.05) is 18.2 Å². The summed E-state index contributed by atoms with van der Waals surface area (Å²) in [7, 11) is 0. The molecule has 1 saturated heterocycles. The molecule has 1 amide bonds. The molecule has 1 spiro atoms. The van der Waals surface area contributed by atoms with E-state index in [2.05, 4.69) is 10.6 Å². The molecule has 0 saturated carbocycles. The van der Waals surface area contributed by atoms with Crippen LogP contribution in [-0.4, -0.2) is 19.0 Å². The molecule has 0 radical (unpaired) electrons. The van der Waals surface area contributed by atoms with Crippen molar-refractivity contribution in [3.63, 3.8) is 0 Å². The topological polar surface area (TPSA) is 41.1 Å². The Labute approximate surface area is 99.2 Å². The van der Waals surface area contributed by atoms with Gasteiger partial charge in [-0.25, -0.2) is 0 Å². The maximum Gasteiger partial charge on any atom is 0.252 e. The molecule has 0 bridgehead atoms.